The maximum absolute atomic E-state index is 11.9. The number of hydrogen-bond acceptors (Lipinski definition) is 4. The number of halogens is 3. The van der Waals surface area contributed by atoms with Gasteiger partial charge in [0.1, 0.15) is 11.6 Å². The number of anilines is 1. The average molecular weight is 296 g/mol. The van der Waals surface area contributed by atoms with Gasteiger partial charge >= 0.3 is 6.18 Å². The standard InChI is InChI=1S/C9H11F3N4O2S/c1-16-6-7(5-13)8(14-16)15-19(17,18)4-2-3-9(10,11)12/h6H,2-4H2,1H3,(H,14,15). The number of aryl methyl sites for hydroxylation is 1. The first-order chi connectivity index (χ1) is 8.63. The molecule has 0 aliphatic carbocycles. The minimum absolute atomic E-state index is 0.00176. The molecule has 19 heavy (non-hydrogen) atoms. The number of nitrogens with zero attached hydrogens (tertiary/aromatic N) is 3. The van der Waals surface area contributed by atoms with Gasteiger partial charge in [0.05, 0.1) is 5.75 Å². The van der Waals surface area contributed by atoms with E-state index in [4.69, 9.17) is 5.26 Å². The lowest BCUT2D eigenvalue weighted by atomic mass is 10.3. The quantitative estimate of drug-likeness (QED) is 0.889. The molecule has 0 saturated carbocycles. The van der Waals surface area contributed by atoms with Gasteiger partial charge in [-0.05, 0) is 6.42 Å². The summed E-state index contributed by atoms with van der Waals surface area (Å²) in [5.41, 5.74) is 0.00176. The van der Waals surface area contributed by atoms with Gasteiger partial charge in [-0.2, -0.15) is 23.5 Å². The third kappa shape index (κ3) is 5.17. The van der Waals surface area contributed by atoms with Crippen molar-refractivity contribution in [3.8, 4) is 6.07 Å². The van der Waals surface area contributed by atoms with Crippen LogP contribution in [0.15, 0.2) is 6.20 Å². The highest BCUT2D eigenvalue weighted by Crippen LogP contribution is 2.22. The monoisotopic (exact) mass is 296 g/mol. The van der Waals surface area contributed by atoms with Crippen molar-refractivity contribution in [3.63, 3.8) is 0 Å². The van der Waals surface area contributed by atoms with E-state index in [0.717, 1.165) is 0 Å². The van der Waals surface area contributed by atoms with Crippen molar-refractivity contribution >= 4 is 15.8 Å². The van der Waals surface area contributed by atoms with E-state index in [1.807, 2.05) is 4.72 Å². The van der Waals surface area contributed by atoms with Gasteiger partial charge in [0.2, 0.25) is 10.0 Å². The van der Waals surface area contributed by atoms with Gasteiger partial charge in [0, 0.05) is 19.7 Å². The molecule has 6 nitrogen and oxygen atoms in total. The van der Waals surface area contributed by atoms with Crippen molar-refractivity contribution in [1.29, 1.82) is 5.26 Å². The summed E-state index contributed by atoms with van der Waals surface area (Å²) in [5, 5.41) is 12.4. The van der Waals surface area contributed by atoms with E-state index < -0.39 is 34.8 Å². The lowest BCUT2D eigenvalue weighted by Crippen LogP contribution is -2.19. The maximum atomic E-state index is 11.9. The van der Waals surface area contributed by atoms with Gasteiger partial charge < -0.3 is 0 Å². The Morgan fingerprint density at radius 2 is 2.16 bits per heavy atom. The zero-order valence-electron chi connectivity index (χ0n) is 9.90. The van der Waals surface area contributed by atoms with Crippen LogP contribution in [0, 0.1) is 11.3 Å². The van der Waals surface area contributed by atoms with Crippen LogP contribution in [0.5, 0.6) is 0 Å². The van der Waals surface area contributed by atoms with E-state index >= 15 is 0 Å². The Kier molecular flexibility index (Phi) is 4.41. The highest BCUT2D eigenvalue weighted by atomic mass is 32.2. The van der Waals surface area contributed by atoms with E-state index in [9.17, 15) is 21.6 Å². The summed E-state index contributed by atoms with van der Waals surface area (Å²) in [6.45, 7) is 0. The second-order valence-electron chi connectivity index (χ2n) is 3.82. The molecule has 1 N–H and O–H groups in total. The van der Waals surface area contributed by atoms with Crippen molar-refractivity contribution in [3.05, 3.63) is 11.8 Å². The van der Waals surface area contributed by atoms with Crippen molar-refractivity contribution in [2.45, 2.75) is 19.0 Å². The Morgan fingerprint density at radius 1 is 1.53 bits per heavy atom. The molecule has 0 aliphatic heterocycles. The molecule has 0 saturated heterocycles. The first-order valence-electron chi connectivity index (χ1n) is 5.14. The summed E-state index contributed by atoms with van der Waals surface area (Å²) in [6, 6.07) is 1.73. The molecule has 0 amide bonds. The van der Waals surface area contributed by atoms with E-state index in [1.54, 1.807) is 6.07 Å². The van der Waals surface area contributed by atoms with Crippen LogP contribution >= 0.6 is 0 Å². The van der Waals surface area contributed by atoms with Crippen molar-refractivity contribution < 1.29 is 21.6 Å². The first-order valence-corrected chi connectivity index (χ1v) is 6.79. The van der Waals surface area contributed by atoms with Crippen LogP contribution in [0.3, 0.4) is 0 Å². The third-order valence-corrected chi connectivity index (χ3v) is 3.41. The summed E-state index contributed by atoms with van der Waals surface area (Å²) in [7, 11) is -2.46. The summed E-state index contributed by atoms with van der Waals surface area (Å²) in [6.07, 6.45) is -4.82. The number of nitriles is 1. The minimum atomic E-state index is -4.39. The Hall–Kier alpha value is -1.76. The molecule has 0 aromatic carbocycles. The van der Waals surface area contributed by atoms with Crippen LogP contribution in [-0.4, -0.2) is 30.1 Å². The molecule has 1 aromatic rings. The molecule has 1 heterocycles. The second-order valence-corrected chi connectivity index (χ2v) is 5.66. The molecule has 0 atom stereocenters. The van der Waals surface area contributed by atoms with Crippen molar-refractivity contribution in [2.24, 2.45) is 7.05 Å². The van der Waals surface area contributed by atoms with Gasteiger partial charge in [-0.25, -0.2) is 8.42 Å². The van der Waals surface area contributed by atoms with E-state index in [0.29, 0.717) is 0 Å². The molecule has 0 bridgehead atoms. The zero-order chi connectivity index (χ0) is 14.7. The van der Waals surface area contributed by atoms with E-state index in [2.05, 4.69) is 5.10 Å². The molecule has 106 valence electrons. The van der Waals surface area contributed by atoms with Crippen LogP contribution in [-0.2, 0) is 17.1 Å². The topological polar surface area (TPSA) is 87.8 Å². The fourth-order valence-corrected chi connectivity index (χ4v) is 2.38. The van der Waals surface area contributed by atoms with Gasteiger partial charge in [0.25, 0.3) is 0 Å². The number of nitrogens with one attached hydrogen (secondary N) is 1. The molecular formula is C9H11F3N4O2S. The van der Waals surface area contributed by atoms with Crippen LogP contribution < -0.4 is 4.72 Å². The molecule has 1 rings (SSSR count). The van der Waals surface area contributed by atoms with Crippen LogP contribution in [0.4, 0.5) is 19.0 Å². The van der Waals surface area contributed by atoms with Crippen molar-refractivity contribution in [1.82, 2.24) is 9.78 Å². The fraction of sp³-hybridized carbons (Fsp3) is 0.556. The Labute approximate surface area is 107 Å². The fourth-order valence-electron chi connectivity index (χ4n) is 1.31. The largest absolute Gasteiger partial charge is 0.389 e. The van der Waals surface area contributed by atoms with Crippen LogP contribution in [0.1, 0.15) is 18.4 Å². The number of aromatic nitrogens is 2. The van der Waals surface area contributed by atoms with Crippen molar-refractivity contribution in [2.75, 3.05) is 10.5 Å². The lowest BCUT2D eigenvalue weighted by Gasteiger charge is -2.07. The smallest absolute Gasteiger partial charge is 0.272 e. The van der Waals surface area contributed by atoms with Gasteiger partial charge in [-0.3, -0.25) is 9.40 Å². The van der Waals surface area contributed by atoms with Crippen LogP contribution in [0.25, 0.3) is 0 Å². The molecule has 0 fully saturated rings. The molecule has 10 heteroatoms. The summed E-state index contributed by atoms with van der Waals surface area (Å²) in [5.74, 6) is -0.870. The predicted octanol–water partition coefficient (Wildman–Crippen LogP) is 1.38. The lowest BCUT2D eigenvalue weighted by molar-refractivity contribution is -0.134. The Bertz CT molecular complexity index is 586. The molecule has 0 unspecified atom stereocenters. The van der Waals surface area contributed by atoms with E-state index in [-0.39, 0.29) is 11.4 Å². The number of hydrogen-bond donors (Lipinski definition) is 1. The normalized spacial score (nSPS) is 12.2. The molecule has 1 aromatic heterocycles. The third-order valence-electron chi connectivity index (χ3n) is 2.07. The highest BCUT2D eigenvalue weighted by Gasteiger charge is 2.27. The summed E-state index contributed by atoms with van der Waals surface area (Å²) >= 11 is 0. The van der Waals surface area contributed by atoms with Gasteiger partial charge in [-0.1, -0.05) is 0 Å². The second kappa shape index (κ2) is 5.48. The number of sulfonamides is 1. The summed E-state index contributed by atoms with van der Waals surface area (Å²) < 4.78 is 62.0. The first kappa shape index (κ1) is 15.3. The maximum Gasteiger partial charge on any atom is 0.389 e. The number of rotatable bonds is 5. The predicted molar refractivity (Wildman–Crippen MR) is 60.6 cm³/mol. The molecule has 0 radical (unpaired) electrons. The van der Waals surface area contributed by atoms with Gasteiger partial charge in [-0.15, -0.1) is 0 Å². The highest BCUT2D eigenvalue weighted by molar-refractivity contribution is 7.92. The summed E-state index contributed by atoms with van der Waals surface area (Å²) in [4.78, 5) is 0. The SMILES string of the molecule is Cn1cc(C#N)c(NS(=O)(=O)CCCC(F)(F)F)n1. The molecule has 0 spiro atoms. The minimum Gasteiger partial charge on any atom is -0.272 e. The number of alkyl halides is 3. The zero-order valence-corrected chi connectivity index (χ0v) is 10.7. The van der Waals surface area contributed by atoms with Crippen LogP contribution in [0.2, 0.25) is 0 Å². The Balaban J connectivity index is 2.67. The Morgan fingerprint density at radius 3 is 2.68 bits per heavy atom. The van der Waals surface area contributed by atoms with E-state index in [1.165, 1.54) is 17.9 Å². The molecule has 0 aliphatic rings. The average Bonchev–Trinajstić information content (AvgIpc) is 2.55. The molecular weight excluding hydrogens is 285 g/mol. The van der Waals surface area contributed by atoms with Gasteiger partial charge in [0.15, 0.2) is 5.82 Å².